The second-order valence-corrected chi connectivity index (χ2v) is 21.0. The van der Waals surface area contributed by atoms with E-state index in [9.17, 15) is 16.8 Å². The highest BCUT2D eigenvalue weighted by molar-refractivity contribution is 7.92. The summed E-state index contributed by atoms with van der Waals surface area (Å²) in [5.74, 6) is 0. The number of nitrogens with zero attached hydrogens (tertiary/aromatic N) is 6. The summed E-state index contributed by atoms with van der Waals surface area (Å²) in [6.45, 7) is 11.3. The topological polar surface area (TPSA) is 175 Å². The lowest BCUT2D eigenvalue weighted by atomic mass is 10.0. The Balaban J connectivity index is 0.000000277. The molecule has 0 amide bonds. The Morgan fingerprint density at radius 3 is 1.38 bits per heavy atom. The number of aromatic nitrogens is 4. The lowest BCUT2D eigenvalue weighted by molar-refractivity contribution is 0.0817. The lowest BCUT2D eigenvalue weighted by Gasteiger charge is -2.13. The highest BCUT2D eigenvalue weighted by Crippen LogP contribution is 2.33. The van der Waals surface area contributed by atoms with Gasteiger partial charge in [0.05, 0.1) is 66.9 Å². The van der Waals surface area contributed by atoms with Crippen LogP contribution in [0.2, 0.25) is 0 Å². The largest absolute Gasteiger partial charge is 0.385 e. The van der Waals surface area contributed by atoms with Gasteiger partial charge in [-0.25, -0.2) is 26.8 Å². The molecule has 6 aromatic rings. The van der Waals surface area contributed by atoms with E-state index in [-0.39, 0.29) is 22.5 Å². The van der Waals surface area contributed by atoms with Crippen LogP contribution in [-0.2, 0) is 35.9 Å². The molecule has 0 radical (unpaired) electrons. The molecular formula is C49H59N7O6S2. The standard InChI is InChI=1S/C25H28N4O3S.C23H23N3O3S.CH4.2H2/c1-16(2)33(30,31)21-11-9-20(10-12-21)23-15-27-17(3)25(28-23)24-13-22(29-32-24)19-7-5-18(6-8-19)14-26-4;1-15(2)30(27,28)19-11-9-18(10-12-19)21-14-24-16(3)23(25-21)22-13-20(26-29-22)17-7-5-4-6-8-17;;;/h5-12,15-16,24,26H,13-14H2,1-4H3;4-12,14-15,22H,13H2,1-3H3;1H4;2*1H. The molecule has 2 unspecified atom stereocenters. The average molecular weight is 906 g/mol. The molecule has 8 rings (SSSR count). The van der Waals surface area contributed by atoms with Gasteiger partial charge in [0.2, 0.25) is 0 Å². The van der Waals surface area contributed by atoms with Gasteiger partial charge < -0.3 is 15.0 Å². The first-order chi connectivity index (χ1) is 30.1. The zero-order chi connectivity index (χ0) is 44.9. The van der Waals surface area contributed by atoms with Gasteiger partial charge in [-0.1, -0.05) is 96.6 Å². The second kappa shape index (κ2) is 20.1. The maximum Gasteiger partial charge on any atom is 0.180 e. The Morgan fingerprint density at radius 2 is 0.984 bits per heavy atom. The van der Waals surface area contributed by atoms with Crippen molar-refractivity contribution in [3.63, 3.8) is 0 Å². The molecule has 2 aromatic heterocycles. The molecule has 13 nitrogen and oxygen atoms in total. The van der Waals surface area contributed by atoms with E-state index in [1.165, 1.54) is 5.56 Å². The van der Waals surface area contributed by atoms with Gasteiger partial charge in [-0.15, -0.1) is 0 Å². The van der Waals surface area contributed by atoms with E-state index in [0.29, 0.717) is 34.0 Å². The smallest absolute Gasteiger partial charge is 0.180 e. The van der Waals surface area contributed by atoms with Crippen LogP contribution < -0.4 is 5.32 Å². The normalized spacial score (nSPS) is 16.0. The number of rotatable bonds is 12. The zero-order valence-corrected chi connectivity index (χ0v) is 38.0. The fourth-order valence-electron chi connectivity index (χ4n) is 7.03. The Kier molecular flexibility index (Phi) is 14.9. The maximum absolute atomic E-state index is 12.4. The minimum atomic E-state index is -3.32. The summed E-state index contributed by atoms with van der Waals surface area (Å²) in [5.41, 5.74) is 11.0. The first kappa shape index (κ1) is 47.3. The highest BCUT2D eigenvalue weighted by Gasteiger charge is 2.29. The van der Waals surface area contributed by atoms with Gasteiger partial charge >= 0.3 is 0 Å². The van der Waals surface area contributed by atoms with Crippen molar-refractivity contribution in [2.45, 2.75) is 101 Å². The summed E-state index contributed by atoms with van der Waals surface area (Å²) in [4.78, 5) is 30.6. The third-order valence-corrected chi connectivity index (χ3v) is 15.2. The van der Waals surface area contributed by atoms with Crippen LogP contribution in [-0.4, -0.2) is 65.7 Å². The van der Waals surface area contributed by atoms with Gasteiger partial charge in [0.15, 0.2) is 31.9 Å². The predicted octanol–water partition coefficient (Wildman–Crippen LogP) is 9.85. The minimum Gasteiger partial charge on any atom is -0.385 e. The van der Waals surface area contributed by atoms with Gasteiger partial charge in [0.1, 0.15) is 11.4 Å². The third-order valence-electron chi connectivity index (χ3n) is 10.9. The molecule has 2 aliphatic rings. The van der Waals surface area contributed by atoms with Crippen LogP contribution in [0.15, 0.2) is 136 Å². The Morgan fingerprint density at radius 1 is 0.594 bits per heavy atom. The maximum atomic E-state index is 12.4. The molecule has 2 atom stereocenters. The summed E-state index contributed by atoms with van der Waals surface area (Å²) >= 11 is 0. The van der Waals surface area contributed by atoms with Gasteiger partial charge in [-0.3, -0.25) is 9.97 Å². The Labute approximate surface area is 379 Å². The van der Waals surface area contributed by atoms with Crippen molar-refractivity contribution in [1.29, 1.82) is 0 Å². The number of hydrogen-bond acceptors (Lipinski definition) is 13. The second-order valence-electron chi connectivity index (χ2n) is 16.0. The summed E-state index contributed by atoms with van der Waals surface area (Å²) in [6, 6.07) is 31.7. The number of hydrogen-bond donors (Lipinski definition) is 1. The number of oxime groups is 2. The molecule has 2 aliphatic heterocycles. The monoisotopic (exact) mass is 905 g/mol. The first-order valence-electron chi connectivity index (χ1n) is 20.8. The molecule has 15 heteroatoms. The molecule has 0 fully saturated rings. The van der Waals surface area contributed by atoms with Gasteiger partial charge in [0.25, 0.3) is 0 Å². The van der Waals surface area contributed by atoms with Crippen molar-refractivity contribution >= 4 is 31.1 Å². The van der Waals surface area contributed by atoms with E-state index < -0.39 is 30.2 Å². The summed E-state index contributed by atoms with van der Waals surface area (Å²) in [7, 11) is -4.70. The molecule has 338 valence electrons. The van der Waals surface area contributed by atoms with Crippen LogP contribution >= 0.6 is 0 Å². The van der Waals surface area contributed by atoms with E-state index >= 15 is 0 Å². The van der Waals surface area contributed by atoms with Crippen molar-refractivity contribution in [3.05, 3.63) is 155 Å². The molecule has 0 aliphatic carbocycles. The minimum absolute atomic E-state index is 0. The molecule has 0 bridgehead atoms. The van der Waals surface area contributed by atoms with Crippen molar-refractivity contribution < 1.29 is 29.4 Å². The SMILES string of the molecule is C.CNCc1ccc(C2=NOC(c3nc(-c4ccc(S(=O)(=O)C(C)C)cc4)cnc3C)C2)cc1.Cc1ncc(-c2ccc(S(=O)(=O)C(C)C)cc2)nc1C1CC(c2ccccc2)=NO1.[HH].[HH]. The van der Waals surface area contributed by atoms with E-state index in [1.54, 1.807) is 88.6 Å². The summed E-state index contributed by atoms with van der Waals surface area (Å²) in [5, 5.41) is 10.8. The van der Waals surface area contributed by atoms with Crippen molar-refractivity contribution in [2.24, 2.45) is 10.3 Å². The van der Waals surface area contributed by atoms with Crippen LogP contribution in [0.5, 0.6) is 0 Å². The summed E-state index contributed by atoms with van der Waals surface area (Å²) < 4.78 is 49.5. The number of nitrogens with one attached hydrogen (secondary N) is 1. The average Bonchev–Trinajstić information content (AvgIpc) is 3.99. The third kappa shape index (κ3) is 10.4. The lowest BCUT2D eigenvalue weighted by Crippen LogP contribution is -2.13. The van der Waals surface area contributed by atoms with E-state index in [4.69, 9.17) is 19.6 Å². The molecule has 64 heavy (non-hydrogen) atoms. The molecule has 0 saturated carbocycles. The Bertz CT molecular complexity index is 2860. The molecule has 0 saturated heterocycles. The summed E-state index contributed by atoms with van der Waals surface area (Å²) in [6.07, 6.45) is 4.00. The van der Waals surface area contributed by atoms with Gasteiger partial charge in [-0.2, -0.15) is 0 Å². The van der Waals surface area contributed by atoms with Crippen molar-refractivity contribution in [1.82, 2.24) is 25.3 Å². The molecule has 0 spiro atoms. The van der Waals surface area contributed by atoms with Crippen molar-refractivity contribution in [2.75, 3.05) is 7.05 Å². The van der Waals surface area contributed by atoms with E-state index in [1.807, 2.05) is 51.2 Å². The molecule has 4 aromatic carbocycles. The van der Waals surface area contributed by atoms with Gasteiger partial charge in [-0.05, 0) is 89.5 Å². The molecule has 4 heterocycles. The van der Waals surface area contributed by atoms with Crippen LogP contribution in [0, 0.1) is 13.8 Å². The predicted molar refractivity (Wildman–Crippen MR) is 256 cm³/mol. The van der Waals surface area contributed by atoms with Crippen molar-refractivity contribution in [3.8, 4) is 22.5 Å². The number of aryl methyl sites for hydroxylation is 2. The quantitative estimate of drug-likeness (QED) is 0.124. The number of benzene rings is 4. The van der Waals surface area contributed by atoms with Crippen LogP contribution in [0.4, 0.5) is 0 Å². The Hall–Kier alpha value is -6.16. The fraction of sp³-hybridized carbons (Fsp3) is 0.306. The zero-order valence-electron chi connectivity index (χ0n) is 36.3. The number of sulfone groups is 2. The van der Waals surface area contributed by atoms with Gasteiger partial charge in [0, 0.05) is 33.4 Å². The van der Waals surface area contributed by atoms with Crippen LogP contribution in [0.3, 0.4) is 0 Å². The molecular weight excluding hydrogens is 847 g/mol. The molecule has 1 N–H and O–H groups in total. The van der Waals surface area contributed by atoms with Crippen LogP contribution in [0.1, 0.15) is 102 Å². The first-order valence-corrected chi connectivity index (χ1v) is 23.9. The van der Waals surface area contributed by atoms with E-state index in [0.717, 1.165) is 63.0 Å². The fourth-order valence-corrected chi connectivity index (χ4v) is 9.15. The van der Waals surface area contributed by atoms with E-state index in [2.05, 4.69) is 49.9 Å². The highest BCUT2D eigenvalue weighted by atomic mass is 32.2. The van der Waals surface area contributed by atoms with Crippen LogP contribution in [0.25, 0.3) is 22.5 Å².